The van der Waals surface area contributed by atoms with Gasteiger partial charge in [-0.2, -0.15) is 0 Å². The molecule has 0 aliphatic carbocycles. The number of carbonyl (C=O) groups is 2. The van der Waals surface area contributed by atoms with Crippen molar-refractivity contribution >= 4 is 11.9 Å². The molecular weight excluding hydrogens is 374 g/mol. The molecule has 2 rings (SSSR count). The molecule has 156 valence electrons. The summed E-state index contributed by atoms with van der Waals surface area (Å²) in [6.45, 7) is 5.31. The highest BCUT2D eigenvalue weighted by Gasteiger charge is 2.46. The molecule has 0 radical (unpaired) electrons. The van der Waals surface area contributed by atoms with Crippen LogP contribution < -0.4 is 10.5 Å². The molecule has 2 aromatic carbocycles. The molecule has 0 fully saturated rings. The number of rotatable bonds is 7. The first kappa shape index (κ1) is 22.2. The van der Waals surface area contributed by atoms with E-state index >= 15 is 0 Å². The second-order valence-electron chi connectivity index (χ2n) is 7.72. The SMILES string of the molecule is COC(=O)[C@@](N)(Cc1ccc(OCc2ccccc2)c(O)c1)C(=O)OC(C)(C)C. The molecule has 0 unspecified atom stereocenters. The maximum atomic E-state index is 12.6. The van der Waals surface area contributed by atoms with Crippen molar-refractivity contribution in [1.29, 1.82) is 0 Å². The van der Waals surface area contributed by atoms with Crippen molar-refractivity contribution in [3.8, 4) is 11.5 Å². The van der Waals surface area contributed by atoms with E-state index in [2.05, 4.69) is 0 Å². The molecule has 0 bridgehead atoms. The zero-order valence-electron chi connectivity index (χ0n) is 17.1. The van der Waals surface area contributed by atoms with Gasteiger partial charge in [-0.15, -0.1) is 0 Å². The minimum absolute atomic E-state index is 0.130. The summed E-state index contributed by atoms with van der Waals surface area (Å²) in [5.74, 6) is -1.68. The molecule has 0 heterocycles. The van der Waals surface area contributed by atoms with Crippen LogP contribution in [0.25, 0.3) is 0 Å². The van der Waals surface area contributed by atoms with E-state index in [-0.39, 0.29) is 24.5 Å². The zero-order valence-corrected chi connectivity index (χ0v) is 17.1. The number of ether oxygens (including phenoxy) is 3. The summed E-state index contributed by atoms with van der Waals surface area (Å²) in [6, 6.07) is 14.1. The highest BCUT2D eigenvalue weighted by Crippen LogP contribution is 2.29. The van der Waals surface area contributed by atoms with Gasteiger partial charge in [0.25, 0.3) is 0 Å². The summed E-state index contributed by atoms with van der Waals surface area (Å²) in [4.78, 5) is 24.8. The van der Waals surface area contributed by atoms with E-state index in [0.29, 0.717) is 5.56 Å². The van der Waals surface area contributed by atoms with Gasteiger partial charge >= 0.3 is 11.9 Å². The van der Waals surface area contributed by atoms with Gasteiger partial charge in [0.1, 0.15) is 12.2 Å². The number of phenolic OH excluding ortho intramolecular Hbond substituents is 1. The van der Waals surface area contributed by atoms with Gasteiger partial charge in [-0.3, -0.25) is 0 Å². The third kappa shape index (κ3) is 5.96. The number of esters is 2. The van der Waals surface area contributed by atoms with Crippen LogP contribution in [0.5, 0.6) is 11.5 Å². The summed E-state index contributed by atoms with van der Waals surface area (Å²) >= 11 is 0. The van der Waals surface area contributed by atoms with E-state index in [9.17, 15) is 14.7 Å². The lowest BCUT2D eigenvalue weighted by atomic mass is 9.91. The van der Waals surface area contributed by atoms with E-state index in [4.69, 9.17) is 19.9 Å². The number of carbonyl (C=O) groups excluding carboxylic acids is 2. The molecule has 29 heavy (non-hydrogen) atoms. The van der Waals surface area contributed by atoms with Gasteiger partial charge in [-0.1, -0.05) is 36.4 Å². The molecule has 0 aliphatic heterocycles. The van der Waals surface area contributed by atoms with E-state index in [1.165, 1.54) is 6.07 Å². The number of hydrogen-bond donors (Lipinski definition) is 2. The van der Waals surface area contributed by atoms with Gasteiger partial charge in [0.05, 0.1) is 7.11 Å². The Morgan fingerprint density at radius 3 is 2.21 bits per heavy atom. The Balaban J connectivity index is 2.18. The number of methoxy groups -OCH3 is 1. The largest absolute Gasteiger partial charge is 0.504 e. The molecule has 3 N–H and O–H groups in total. The summed E-state index contributed by atoms with van der Waals surface area (Å²) < 4.78 is 15.6. The molecule has 0 amide bonds. The van der Waals surface area contributed by atoms with Crippen molar-refractivity contribution in [2.75, 3.05) is 7.11 Å². The lowest BCUT2D eigenvalue weighted by Crippen LogP contribution is -2.59. The third-order valence-electron chi connectivity index (χ3n) is 4.06. The van der Waals surface area contributed by atoms with Crippen molar-refractivity contribution in [3.05, 3.63) is 59.7 Å². The monoisotopic (exact) mass is 401 g/mol. The number of phenols is 1. The Morgan fingerprint density at radius 1 is 1.00 bits per heavy atom. The quantitative estimate of drug-likeness (QED) is 0.542. The minimum atomic E-state index is -2.04. The number of nitrogens with two attached hydrogens (primary N) is 1. The molecule has 0 spiro atoms. The van der Waals surface area contributed by atoms with E-state index in [1.54, 1.807) is 32.9 Å². The van der Waals surface area contributed by atoms with Crippen LogP contribution in [0.2, 0.25) is 0 Å². The number of hydrogen-bond acceptors (Lipinski definition) is 7. The maximum absolute atomic E-state index is 12.6. The Bertz CT molecular complexity index is 859. The number of benzene rings is 2. The van der Waals surface area contributed by atoms with Crippen molar-refractivity contribution < 1.29 is 28.9 Å². The van der Waals surface area contributed by atoms with Crippen LogP contribution in [-0.4, -0.2) is 35.3 Å². The summed E-state index contributed by atoms with van der Waals surface area (Å²) in [7, 11) is 1.15. The Hall–Kier alpha value is -3.06. The zero-order chi connectivity index (χ0) is 21.7. The first-order valence-corrected chi connectivity index (χ1v) is 9.14. The van der Waals surface area contributed by atoms with Gasteiger partial charge in [0.15, 0.2) is 11.5 Å². The fraction of sp³-hybridized carbons (Fsp3) is 0.364. The van der Waals surface area contributed by atoms with E-state index < -0.39 is 23.1 Å². The average Bonchev–Trinajstić information content (AvgIpc) is 2.66. The minimum Gasteiger partial charge on any atom is -0.504 e. The van der Waals surface area contributed by atoms with Crippen molar-refractivity contribution in [1.82, 2.24) is 0 Å². The Morgan fingerprint density at radius 2 is 1.66 bits per heavy atom. The Labute approximate surface area is 170 Å². The first-order chi connectivity index (χ1) is 13.5. The highest BCUT2D eigenvalue weighted by atomic mass is 16.6. The normalized spacial score (nSPS) is 13.3. The van der Waals surface area contributed by atoms with E-state index in [0.717, 1.165) is 12.7 Å². The molecule has 0 aromatic heterocycles. The molecule has 7 heteroatoms. The van der Waals surface area contributed by atoms with Crippen LogP contribution in [0.4, 0.5) is 0 Å². The summed E-state index contributed by atoms with van der Waals surface area (Å²) in [5.41, 5.74) is 4.63. The maximum Gasteiger partial charge on any atom is 0.338 e. The van der Waals surface area contributed by atoms with Crippen LogP contribution in [0.1, 0.15) is 31.9 Å². The number of aromatic hydroxyl groups is 1. The van der Waals surface area contributed by atoms with Crippen molar-refractivity contribution in [2.45, 2.75) is 44.9 Å². The molecule has 0 saturated carbocycles. The molecule has 1 atom stereocenters. The predicted octanol–water partition coefficient (Wildman–Crippen LogP) is 2.73. The Kier molecular flexibility index (Phi) is 6.87. The molecule has 2 aromatic rings. The van der Waals surface area contributed by atoms with Gasteiger partial charge < -0.3 is 25.1 Å². The fourth-order valence-corrected chi connectivity index (χ4v) is 2.63. The van der Waals surface area contributed by atoms with Crippen LogP contribution in [-0.2, 0) is 32.1 Å². The standard InChI is InChI=1S/C22H27NO6/c1-21(2,3)29-20(26)22(23,19(25)27-4)13-16-10-11-18(17(24)12-16)28-14-15-8-6-5-7-9-15/h5-12,24H,13-14,23H2,1-4H3/t22-/m0/s1. The molecule has 7 nitrogen and oxygen atoms in total. The highest BCUT2D eigenvalue weighted by molar-refractivity contribution is 6.05. The van der Waals surface area contributed by atoms with Gasteiger partial charge in [-0.05, 0) is 44.0 Å². The van der Waals surface area contributed by atoms with Gasteiger partial charge in [-0.25, -0.2) is 9.59 Å². The topological polar surface area (TPSA) is 108 Å². The molecule has 0 aliphatic rings. The van der Waals surface area contributed by atoms with Gasteiger partial charge in [0, 0.05) is 6.42 Å². The predicted molar refractivity (Wildman–Crippen MR) is 107 cm³/mol. The second kappa shape index (κ2) is 8.96. The molecular formula is C22H27NO6. The van der Waals surface area contributed by atoms with E-state index in [1.807, 2.05) is 30.3 Å². The van der Waals surface area contributed by atoms with Crippen molar-refractivity contribution in [2.24, 2.45) is 5.73 Å². The lowest BCUT2D eigenvalue weighted by Gasteiger charge is -2.29. The lowest BCUT2D eigenvalue weighted by molar-refractivity contribution is -0.170. The first-order valence-electron chi connectivity index (χ1n) is 9.14. The third-order valence-corrected chi connectivity index (χ3v) is 4.06. The average molecular weight is 401 g/mol. The van der Waals surface area contributed by atoms with Crippen LogP contribution in [0, 0.1) is 0 Å². The van der Waals surface area contributed by atoms with Crippen LogP contribution in [0.3, 0.4) is 0 Å². The van der Waals surface area contributed by atoms with Gasteiger partial charge in [0.2, 0.25) is 5.54 Å². The second-order valence-corrected chi connectivity index (χ2v) is 7.72. The summed E-state index contributed by atoms with van der Waals surface area (Å²) in [5, 5.41) is 10.3. The fourth-order valence-electron chi connectivity index (χ4n) is 2.63. The van der Waals surface area contributed by atoms with Crippen LogP contribution >= 0.6 is 0 Å². The molecule has 0 saturated heterocycles. The van der Waals surface area contributed by atoms with Crippen molar-refractivity contribution in [3.63, 3.8) is 0 Å². The smallest absolute Gasteiger partial charge is 0.338 e. The summed E-state index contributed by atoms with van der Waals surface area (Å²) in [6.07, 6.45) is -0.207. The van der Waals surface area contributed by atoms with Crippen LogP contribution in [0.15, 0.2) is 48.5 Å².